The van der Waals surface area contributed by atoms with E-state index in [1.807, 2.05) is 18.2 Å². The SMILES string of the molecule is CN=C(NCc1ncccc1F)NC1CCN(c2cccc(Cl)c2)C1.I. The molecule has 8 heteroatoms. The highest BCUT2D eigenvalue weighted by atomic mass is 127. The van der Waals surface area contributed by atoms with Crippen LogP contribution in [0.1, 0.15) is 12.1 Å². The summed E-state index contributed by atoms with van der Waals surface area (Å²) in [5.74, 6) is 0.321. The average Bonchev–Trinajstić information content (AvgIpc) is 3.08. The predicted molar refractivity (Wildman–Crippen MR) is 115 cm³/mol. The van der Waals surface area contributed by atoms with Gasteiger partial charge in [0.2, 0.25) is 0 Å². The number of anilines is 1. The lowest BCUT2D eigenvalue weighted by Crippen LogP contribution is -2.44. The van der Waals surface area contributed by atoms with Crippen molar-refractivity contribution in [3.05, 3.63) is 59.1 Å². The summed E-state index contributed by atoms with van der Waals surface area (Å²) in [7, 11) is 1.70. The number of hydrogen-bond donors (Lipinski definition) is 2. The molecule has 0 spiro atoms. The molecule has 1 aromatic carbocycles. The highest BCUT2D eigenvalue weighted by Gasteiger charge is 2.23. The van der Waals surface area contributed by atoms with Crippen LogP contribution in [0.2, 0.25) is 5.02 Å². The van der Waals surface area contributed by atoms with E-state index in [0.29, 0.717) is 11.7 Å². The number of nitrogens with zero attached hydrogens (tertiary/aromatic N) is 3. The van der Waals surface area contributed by atoms with Gasteiger partial charge in [-0.2, -0.15) is 0 Å². The Kier molecular flexibility index (Phi) is 7.89. The number of nitrogens with one attached hydrogen (secondary N) is 2. The van der Waals surface area contributed by atoms with Crippen molar-refractivity contribution in [3.63, 3.8) is 0 Å². The van der Waals surface area contributed by atoms with Crippen molar-refractivity contribution in [1.29, 1.82) is 0 Å². The van der Waals surface area contributed by atoms with Crippen LogP contribution in [0.4, 0.5) is 10.1 Å². The van der Waals surface area contributed by atoms with Crippen LogP contribution in [-0.4, -0.2) is 37.1 Å². The zero-order valence-electron chi connectivity index (χ0n) is 14.5. The Labute approximate surface area is 175 Å². The Morgan fingerprint density at radius 3 is 2.96 bits per heavy atom. The van der Waals surface area contributed by atoms with Crippen molar-refractivity contribution in [2.24, 2.45) is 4.99 Å². The summed E-state index contributed by atoms with van der Waals surface area (Å²) < 4.78 is 13.6. The maximum absolute atomic E-state index is 13.6. The summed E-state index contributed by atoms with van der Waals surface area (Å²) in [5.41, 5.74) is 1.49. The Morgan fingerprint density at radius 2 is 2.23 bits per heavy atom. The van der Waals surface area contributed by atoms with Crippen LogP contribution in [0, 0.1) is 5.82 Å². The molecule has 1 aromatic heterocycles. The summed E-state index contributed by atoms with van der Waals surface area (Å²) in [6.07, 6.45) is 2.57. The van der Waals surface area contributed by atoms with E-state index < -0.39 is 0 Å². The normalized spacial score (nSPS) is 17.0. The van der Waals surface area contributed by atoms with E-state index >= 15 is 0 Å². The molecule has 2 heterocycles. The minimum Gasteiger partial charge on any atom is -0.369 e. The second kappa shape index (κ2) is 9.91. The van der Waals surface area contributed by atoms with Gasteiger partial charge in [0.1, 0.15) is 5.82 Å². The molecule has 2 aromatic rings. The van der Waals surface area contributed by atoms with Crippen molar-refractivity contribution < 1.29 is 4.39 Å². The van der Waals surface area contributed by atoms with Crippen LogP contribution in [0.15, 0.2) is 47.6 Å². The molecular weight excluding hydrogens is 468 g/mol. The molecule has 0 amide bonds. The predicted octanol–water partition coefficient (Wildman–Crippen LogP) is 3.44. The quantitative estimate of drug-likeness (QED) is 0.393. The number of halogens is 3. The van der Waals surface area contributed by atoms with E-state index in [4.69, 9.17) is 11.6 Å². The summed E-state index contributed by atoms with van der Waals surface area (Å²) >= 11 is 6.07. The monoisotopic (exact) mass is 489 g/mol. The molecule has 1 saturated heterocycles. The minimum atomic E-state index is -0.321. The van der Waals surface area contributed by atoms with Crippen molar-refractivity contribution in [2.45, 2.75) is 19.0 Å². The molecule has 140 valence electrons. The van der Waals surface area contributed by atoms with Gasteiger partial charge >= 0.3 is 0 Å². The Hall–Kier alpha value is -1.61. The summed E-state index contributed by atoms with van der Waals surface area (Å²) in [6.45, 7) is 2.10. The van der Waals surface area contributed by atoms with E-state index in [2.05, 4.69) is 31.6 Å². The molecule has 1 aliphatic heterocycles. The molecule has 3 rings (SSSR count). The van der Waals surface area contributed by atoms with Crippen molar-refractivity contribution in [2.75, 3.05) is 25.0 Å². The Bertz CT molecular complexity index is 758. The van der Waals surface area contributed by atoms with Crippen molar-refractivity contribution >= 4 is 47.2 Å². The van der Waals surface area contributed by atoms with Crippen molar-refractivity contribution in [1.82, 2.24) is 15.6 Å². The van der Waals surface area contributed by atoms with Gasteiger partial charge in [-0.15, -0.1) is 24.0 Å². The summed E-state index contributed by atoms with van der Waals surface area (Å²) in [4.78, 5) is 10.5. The standard InChI is InChI=1S/C18H21ClFN5.HI/c1-21-18(23-11-17-16(20)6-3-8-22-17)24-14-7-9-25(12-14)15-5-2-4-13(19)10-15;/h2-6,8,10,14H,7,9,11-12H2,1H3,(H2,21,23,24);1H. The molecule has 1 unspecified atom stereocenters. The first kappa shape index (κ1) is 20.7. The van der Waals surface area contributed by atoms with E-state index in [-0.39, 0.29) is 42.4 Å². The highest BCUT2D eigenvalue weighted by molar-refractivity contribution is 14.0. The molecular formula is C18H22ClFIN5. The smallest absolute Gasteiger partial charge is 0.191 e. The van der Waals surface area contributed by atoms with Gasteiger partial charge < -0.3 is 15.5 Å². The molecule has 1 fully saturated rings. The first-order chi connectivity index (χ1) is 12.2. The Morgan fingerprint density at radius 1 is 1.38 bits per heavy atom. The molecule has 26 heavy (non-hydrogen) atoms. The molecule has 1 aliphatic rings. The number of hydrogen-bond acceptors (Lipinski definition) is 3. The lowest BCUT2D eigenvalue weighted by molar-refractivity contribution is 0.589. The van der Waals surface area contributed by atoms with Crippen LogP contribution in [-0.2, 0) is 6.54 Å². The fourth-order valence-corrected chi connectivity index (χ4v) is 3.07. The molecule has 5 nitrogen and oxygen atoms in total. The molecule has 1 atom stereocenters. The lowest BCUT2D eigenvalue weighted by atomic mass is 10.2. The van der Waals surface area contributed by atoms with Crippen LogP contribution in [0.3, 0.4) is 0 Å². The van der Waals surface area contributed by atoms with Gasteiger partial charge in [-0.05, 0) is 36.8 Å². The fourth-order valence-electron chi connectivity index (χ4n) is 2.89. The number of benzene rings is 1. The number of aromatic nitrogens is 1. The third-order valence-electron chi connectivity index (χ3n) is 4.18. The second-order valence-electron chi connectivity index (χ2n) is 5.91. The van der Waals surface area contributed by atoms with Crippen LogP contribution < -0.4 is 15.5 Å². The van der Waals surface area contributed by atoms with Crippen LogP contribution in [0.5, 0.6) is 0 Å². The second-order valence-corrected chi connectivity index (χ2v) is 6.35. The number of pyridine rings is 1. The Balaban J connectivity index is 0.00000243. The van der Waals surface area contributed by atoms with E-state index in [0.717, 1.165) is 30.2 Å². The van der Waals surface area contributed by atoms with Gasteiger partial charge in [-0.25, -0.2) is 4.39 Å². The van der Waals surface area contributed by atoms with Crippen LogP contribution in [0.25, 0.3) is 0 Å². The first-order valence-electron chi connectivity index (χ1n) is 8.23. The molecule has 2 N–H and O–H groups in total. The summed E-state index contributed by atoms with van der Waals surface area (Å²) in [5, 5.41) is 7.24. The minimum absolute atomic E-state index is 0. The number of rotatable bonds is 4. The van der Waals surface area contributed by atoms with Gasteiger partial charge in [0.25, 0.3) is 0 Å². The zero-order chi connectivity index (χ0) is 17.6. The molecule has 0 aliphatic carbocycles. The van der Waals surface area contributed by atoms with Gasteiger partial charge in [0.05, 0.1) is 12.2 Å². The number of aliphatic imine (C=N–C) groups is 1. The third kappa shape index (κ3) is 5.44. The molecule has 0 radical (unpaired) electrons. The van der Waals surface area contributed by atoms with Crippen LogP contribution >= 0.6 is 35.6 Å². The molecule has 0 saturated carbocycles. The average molecular weight is 490 g/mol. The molecule has 0 bridgehead atoms. The third-order valence-corrected chi connectivity index (χ3v) is 4.42. The van der Waals surface area contributed by atoms with Crippen molar-refractivity contribution in [3.8, 4) is 0 Å². The van der Waals surface area contributed by atoms with Gasteiger partial charge in [-0.1, -0.05) is 17.7 Å². The first-order valence-corrected chi connectivity index (χ1v) is 8.60. The van der Waals surface area contributed by atoms with E-state index in [9.17, 15) is 4.39 Å². The topological polar surface area (TPSA) is 52.6 Å². The van der Waals surface area contributed by atoms with Gasteiger partial charge in [0, 0.05) is 43.1 Å². The lowest BCUT2D eigenvalue weighted by Gasteiger charge is -2.20. The fraction of sp³-hybridized carbons (Fsp3) is 0.333. The van der Waals surface area contributed by atoms with E-state index in [1.165, 1.54) is 6.07 Å². The zero-order valence-corrected chi connectivity index (χ0v) is 17.5. The van der Waals surface area contributed by atoms with E-state index in [1.54, 1.807) is 19.3 Å². The summed E-state index contributed by atoms with van der Waals surface area (Å²) in [6, 6.07) is 11.1. The largest absolute Gasteiger partial charge is 0.369 e. The van der Waals surface area contributed by atoms with Gasteiger partial charge in [0.15, 0.2) is 5.96 Å². The van der Waals surface area contributed by atoms with Gasteiger partial charge in [-0.3, -0.25) is 9.98 Å². The maximum atomic E-state index is 13.6. The maximum Gasteiger partial charge on any atom is 0.191 e. The number of guanidine groups is 1. The highest BCUT2D eigenvalue weighted by Crippen LogP contribution is 2.23.